The van der Waals surface area contributed by atoms with Gasteiger partial charge in [-0.05, 0) is 38.2 Å². The maximum atomic E-state index is 14.8. The van der Waals surface area contributed by atoms with Crippen LogP contribution in [0.2, 0.25) is 0 Å². The highest BCUT2D eigenvalue weighted by Crippen LogP contribution is 2.39. The molecule has 1 saturated heterocycles. The lowest BCUT2D eigenvalue weighted by atomic mass is 10.0. The number of benzene rings is 1. The van der Waals surface area contributed by atoms with Crippen molar-refractivity contribution in [3.8, 4) is 22.8 Å². The van der Waals surface area contributed by atoms with Crippen molar-refractivity contribution in [3.63, 3.8) is 0 Å². The second-order valence-corrected chi connectivity index (χ2v) is 9.47. The van der Waals surface area contributed by atoms with Crippen molar-refractivity contribution in [2.75, 3.05) is 26.8 Å². The Labute approximate surface area is 211 Å². The van der Waals surface area contributed by atoms with Gasteiger partial charge in [-0.3, -0.25) is 4.79 Å². The molecule has 0 spiro atoms. The number of H-pyrrole nitrogens is 1. The molecule has 2 atom stereocenters. The summed E-state index contributed by atoms with van der Waals surface area (Å²) in [4.78, 5) is 37.4. The number of likely N-dealkylation sites (tertiary alicyclic amines) is 1. The number of nitrogens with one attached hydrogen (secondary N) is 2. The summed E-state index contributed by atoms with van der Waals surface area (Å²) in [6.45, 7) is 2.31. The highest BCUT2D eigenvalue weighted by molar-refractivity contribution is 6.09. The van der Waals surface area contributed by atoms with E-state index in [1.807, 2.05) is 0 Å². The number of aromatic amines is 1. The number of hydrogen-bond donors (Lipinski definition) is 4. The Bertz CT molecular complexity index is 1360. The fraction of sp³-hybridized carbons (Fsp3) is 0.440. The van der Waals surface area contributed by atoms with Crippen molar-refractivity contribution in [3.05, 3.63) is 35.5 Å². The Morgan fingerprint density at radius 1 is 1.24 bits per heavy atom. The average molecular weight is 514 g/mol. The number of halogens is 1. The van der Waals surface area contributed by atoms with E-state index in [9.17, 15) is 19.1 Å². The van der Waals surface area contributed by atoms with Gasteiger partial charge in [-0.2, -0.15) is 0 Å². The number of aromatic nitrogens is 3. The summed E-state index contributed by atoms with van der Waals surface area (Å²) >= 11 is 0. The van der Waals surface area contributed by atoms with Gasteiger partial charge in [0.2, 0.25) is 0 Å². The second-order valence-electron chi connectivity index (χ2n) is 9.47. The molecule has 37 heavy (non-hydrogen) atoms. The van der Waals surface area contributed by atoms with Crippen LogP contribution in [0.15, 0.2) is 18.5 Å². The molecule has 1 aliphatic carbocycles. The fourth-order valence-corrected chi connectivity index (χ4v) is 4.61. The number of hydrogen-bond acceptors (Lipinski definition) is 7. The zero-order valence-corrected chi connectivity index (χ0v) is 20.5. The molecule has 2 unspecified atom stereocenters. The van der Waals surface area contributed by atoms with Crippen LogP contribution in [0, 0.1) is 18.7 Å². The van der Waals surface area contributed by atoms with Crippen LogP contribution in [0.3, 0.4) is 0 Å². The first-order chi connectivity index (χ1) is 17.8. The Morgan fingerprint density at radius 3 is 2.70 bits per heavy atom. The van der Waals surface area contributed by atoms with Gasteiger partial charge in [-0.1, -0.05) is 0 Å². The largest absolute Gasteiger partial charge is 0.494 e. The first-order valence-corrected chi connectivity index (χ1v) is 12.1. The van der Waals surface area contributed by atoms with Crippen LogP contribution in [0.5, 0.6) is 11.5 Å². The van der Waals surface area contributed by atoms with Gasteiger partial charge in [0.05, 0.1) is 43.5 Å². The van der Waals surface area contributed by atoms with E-state index in [1.165, 1.54) is 25.6 Å². The minimum atomic E-state index is -1.11. The van der Waals surface area contributed by atoms with Crippen molar-refractivity contribution >= 4 is 23.0 Å². The lowest BCUT2D eigenvalue weighted by Gasteiger charge is -2.34. The van der Waals surface area contributed by atoms with Crippen molar-refractivity contribution in [1.29, 1.82) is 0 Å². The molecule has 0 radical (unpaired) electrons. The standard InChI is InChI=1S/C25H28FN5O6/c1-12-20(24(33)30-16-5-6-31(25(34)35)9-17(16)32)22-23(29-12)21(27-11-28-22)14-7-15(26)19(36-2)8-18(14)37-10-13-3-4-13/h7-8,11,13,16-17,29,32H,3-6,9-10H2,1-2H3,(H,30,33)(H,34,35). The number of carboxylic acid groups (broad SMARTS) is 1. The van der Waals surface area contributed by atoms with Gasteiger partial charge in [0.1, 0.15) is 23.3 Å². The third-order valence-corrected chi connectivity index (χ3v) is 6.85. The van der Waals surface area contributed by atoms with Crippen molar-refractivity contribution < 1.29 is 33.7 Å². The molecule has 0 bridgehead atoms. The van der Waals surface area contributed by atoms with E-state index in [4.69, 9.17) is 14.6 Å². The number of carbonyl (C=O) groups is 2. The number of nitrogens with zero attached hydrogens (tertiary/aromatic N) is 3. The van der Waals surface area contributed by atoms with E-state index in [2.05, 4.69) is 20.3 Å². The monoisotopic (exact) mass is 513 g/mol. The zero-order chi connectivity index (χ0) is 26.3. The van der Waals surface area contributed by atoms with Crippen LogP contribution >= 0.6 is 0 Å². The van der Waals surface area contributed by atoms with Crippen LogP contribution < -0.4 is 14.8 Å². The Kier molecular flexibility index (Phi) is 6.59. The molecule has 2 fully saturated rings. The number of rotatable bonds is 7. The summed E-state index contributed by atoms with van der Waals surface area (Å²) in [5.41, 5.74) is 2.32. The molecule has 4 N–H and O–H groups in total. The third kappa shape index (κ3) is 4.88. The number of methoxy groups -OCH3 is 1. The van der Waals surface area contributed by atoms with Crippen LogP contribution in [-0.4, -0.2) is 81.0 Å². The number of carbonyl (C=O) groups excluding carboxylic acids is 1. The molecule has 1 aromatic carbocycles. The number of piperidine rings is 1. The molecule has 2 aliphatic rings. The number of amides is 2. The van der Waals surface area contributed by atoms with E-state index in [0.717, 1.165) is 17.7 Å². The number of aliphatic hydroxyl groups excluding tert-OH is 1. The quantitative estimate of drug-likeness (QED) is 0.377. The van der Waals surface area contributed by atoms with Gasteiger partial charge in [0, 0.05) is 23.9 Å². The van der Waals surface area contributed by atoms with E-state index < -0.39 is 30.0 Å². The lowest BCUT2D eigenvalue weighted by molar-refractivity contribution is 0.0392. The first-order valence-electron chi connectivity index (χ1n) is 12.1. The van der Waals surface area contributed by atoms with E-state index in [0.29, 0.717) is 46.3 Å². The van der Waals surface area contributed by atoms with E-state index >= 15 is 0 Å². The van der Waals surface area contributed by atoms with Gasteiger partial charge in [0.15, 0.2) is 11.6 Å². The minimum Gasteiger partial charge on any atom is -0.494 e. The summed E-state index contributed by atoms with van der Waals surface area (Å²) < 4.78 is 25.9. The van der Waals surface area contributed by atoms with Crippen molar-refractivity contribution in [2.24, 2.45) is 5.92 Å². The van der Waals surface area contributed by atoms with Crippen LogP contribution in [-0.2, 0) is 0 Å². The van der Waals surface area contributed by atoms with Gasteiger partial charge < -0.3 is 34.9 Å². The van der Waals surface area contributed by atoms with Gasteiger partial charge in [-0.15, -0.1) is 0 Å². The molecule has 12 heteroatoms. The zero-order valence-electron chi connectivity index (χ0n) is 20.5. The average Bonchev–Trinajstić information content (AvgIpc) is 3.63. The molecule has 1 aliphatic heterocycles. The van der Waals surface area contributed by atoms with Gasteiger partial charge in [-0.25, -0.2) is 19.2 Å². The second kappa shape index (κ2) is 9.85. The van der Waals surface area contributed by atoms with Crippen LogP contribution in [0.25, 0.3) is 22.3 Å². The summed E-state index contributed by atoms with van der Waals surface area (Å²) in [5, 5.41) is 22.3. The van der Waals surface area contributed by atoms with Crippen LogP contribution in [0.1, 0.15) is 35.3 Å². The first kappa shape index (κ1) is 24.8. The van der Waals surface area contributed by atoms with Gasteiger partial charge in [0.25, 0.3) is 5.91 Å². The Balaban J connectivity index is 1.48. The maximum Gasteiger partial charge on any atom is 0.407 e. The number of fused-ring (bicyclic) bond motifs is 1. The summed E-state index contributed by atoms with van der Waals surface area (Å²) in [5.74, 6) is -0.111. The summed E-state index contributed by atoms with van der Waals surface area (Å²) in [6, 6.07) is 2.17. The number of aryl methyl sites for hydroxylation is 1. The number of ether oxygens (including phenoxy) is 2. The fourth-order valence-electron chi connectivity index (χ4n) is 4.61. The molecule has 3 heterocycles. The predicted molar refractivity (Wildman–Crippen MR) is 130 cm³/mol. The topological polar surface area (TPSA) is 150 Å². The van der Waals surface area contributed by atoms with Gasteiger partial charge >= 0.3 is 6.09 Å². The number of aliphatic hydroxyl groups is 1. The highest BCUT2D eigenvalue weighted by atomic mass is 19.1. The van der Waals surface area contributed by atoms with E-state index in [1.54, 1.807) is 6.92 Å². The lowest BCUT2D eigenvalue weighted by Crippen LogP contribution is -2.55. The molecule has 3 aromatic rings. The molecular formula is C25H28FN5O6. The summed E-state index contributed by atoms with van der Waals surface area (Å²) in [6.07, 6.45) is 1.59. The molecule has 5 rings (SSSR count). The maximum absolute atomic E-state index is 14.8. The Hall–Kier alpha value is -3.93. The third-order valence-electron chi connectivity index (χ3n) is 6.85. The Morgan fingerprint density at radius 2 is 2.03 bits per heavy atom. The van der Waals surface area contributed by atoms with Crippen LogP contribution in [0.4, 0.5) is 9.18 Å². The molecule has 1 saturated carbocycles. The van der Waals surface area contributed by atoms with Crippen molar-refractivity contribution in [1.82, 2.24) is 25.2 Å². The SMILES string of the molecule is COc1cc(OCC2CC2)c(-c2ncnc3c(C(=O)NC4CCN(C(=O)O)CC4O)c(C)[nH]c23)cc1F. The minimum absolute atomic E-state index is 0.0510. The van der Waals surface area contributed by atoms with Crippen molar-refractivity contribution in [2.45, 2.75) is 38.3 Å². The molecular weight excluding hydrogens is 485 g/mol. The van der Waals surface area contributed by atoms with E-state index in [-0.39, 0.29) is 30.8 Å². The highest BCUT2D eigenvalue weighted by Gasteiger charge is 2.32. The molecule has 11 nitrogen and oxygen atoms in total. The predicted octanol–water partition coefficient (Wildman–Crippen LogP) is 2.71. The smallest absolute Gasteiger partial charge is 0.407 e. The summed E-state index contributed by atoms with van der Waals surface area (Å²) in [7, 11) is 1.38. The molecule has 196 valence electrons. The number of β-amino-alcohol motifs (C(OH)–C–C–N with tert-alkyl or cyclic N) is 1. The molecule has 2 amide bonds. The molecule has 2 aromatic heterocycles. The normalized spacial score (nSPS) is 19.6.